The van der Waals surface area contributed by atoms with Crippen LogP contribution in [0.1, 0.15) is 45.1 Å². The number of hydrogen-bond acceptors (Lipinski definition) is 1. The van der Waals surface area contributed by atoms with Crippen LogP contribution in [-0.4, -0.2) is 6.04 Å². The second-order valence-corrected chi connectivity index (χ2v) is 5.05. The third-order valence-corrected chi connectivity index (χ3v) is 3.30. The topological polar surface area (TPSA) is 12.0 Å². The minimum atomic E-state index is 0.625. The number of anilines is 1. The average molecular weight is 203 g/mol. The van der Waals surface area contributed by atoms with E-state index in [0.29, 0.717) is 12.0 Å². The Balaban J connectivity index is 1.97. The molecule has 1 nitrogen and oxygen atoms in total. The second-order valence-electron chi connectivity index (χ2n) is 5.05. The Kier molecular flexibility index (Phi) is 2.99. The van der Waals surface area contributed by atoms with Crippen LogP contribution in [0.4, 0.5) is 5.69 Å². The van der Waals surface area contributed by atoms with Gasteiger partial charge in [-0.15, -0.1) is 0 Å². The molecule has 15 heavy (non-hydrogen) atoms. The Bertz CT molecular complexity index is 309. The fourth-order valence-corrected chi connectivity index (χ4v) is 1.94. The molecule has 0 spiro atoms. The van der Waals surface area contributed by atoms with Gasteiger partial charge in [0.2, 0.25) is 0 Å². The molecule has 0 saturated heterocycles. The van der Waals surface area contributed by atoms with E-state index < -0.39 is 0 Å². The van der Waals surface area contributed by atoms with Gasteiger partial charge in [-0.2, -0.15) is 0 Å². The Hall–Kier alpha value is -0.980. The Morgan fingerprint density at radius 3 is 2.13 bits per heavy atom. The maximum Gasteiger partial charge on any atom is 0.0342 e. The number of benzene rings is 1. The van der Waals surface area contributed by atoms with Crippen molar-refractivity contribution in [1.82, 2.24) is 0 Å². The van der Waals surface area contributed by atoms with Crippen LogP contribution >= 0.6 is 0 Å². The lowest BCUT2D eigenvalue weighted by molar-refractivity contribution is 0.694. The van der Waals surface area contributed by atoms with Gasteiger partial charge < -0.3 is 5.32 Å². The van der Waals surface area contributed by atoms with E-state index in [1.807, 2.05) is 0 Å². The van der Waals surface area contributed by atoms with Gasteiger partial charge in [-0.1, -0.05) is 26.0 Å². The molecule has 0 heterocycles. The summed E-state index contributed by atoms with van der Waals surface area (Å²) in [6.45, 7) is 6.75. The molecule has 1 aliphatic carbocycles. The molecule has 0 aliphatic heterocycles. The third kappa shape index (κ3) is 2.74. The molecule has 1 saturated carbocycles. The van der Waals surface area contributed by atoms with Crippen LogP contribution in [0.3, 0.4) is 0 Å². The molecular formula is C14H21N. The van der Waals surface area contributed by atoms with Gasteiger partial charge in [0, 0.05) is 11.7 Å². The van der Waals surface area contributed by atoms with Crippen LogP contribution in [0.2, 0.25) is 0 Å². The molecule has 0 bridgehead atoms. The summed E-state index contributed by atoms with van der Waals surface area (Å²) < 4.78 is 0. The fraction of sp³-hybridized carbons (Fsp3) is 0.571. The van der Waals surface area contributed by atoms with E-state index in [2.05, 4.69) is 50.4 Å². The first kappa shape index (κ1) is 10.5. The van der Waals surface area contributed by atoms with Gasteiger partial charge in [-0.3, -0.25) is 0 Å². The normalized spacial score (nSPS) is 17.9. The molecule has 1 aliphatic rings. The highest BCUT2D eigenvalue weighted by Gasteiger charge is 2.27. The van der Waals surface area contributed by atoms with E-state index in [1.165, 1.54) is 24.1 Å². The highest BCUT2D eigenvalue weighted by atomic mass is 14.9. The smallest absolute Gasteiger partial charge is 0.0342 e. The standard InChI is InChI=1S/C14H21N/c1-10(2)12-6-8-14(9-7-12)15-11(3)13-4-5-13/h6-11,13,15H,4-5H2,1-3H3/t11-/m0/s1. The SMILES string of the molecule is CC(C)c1ccc(N[C@@H](C)C2CC2)cc1. The lowest BCUT2D eigenvalue weighted by Gasteiger charge is -2.15. The quantitative estimate of drug-likeness (QED) is 0.779. The predicted molar refractivity (Wildman–Crippen MR) is 66.3 cm³/mol. The van der Waals surface area contributed by atoms with E-state index in [-0.39, 0.29) is 0 Å². The zero-order valence-electron chi connectivity index (χ0n) is 9.96. The molecule has 1 aromatic carbocycles. The van der Waals surface area contributed by atoms with Crippen LogP contribution in [0.15, 0.2) is 24.3 Å². The van der Waals surface area contributed by atoms with Crippen LogP contribution in [0.25, 0.3) is 0 Å². The number of hydrogen-bond donors (Lipinski definition) is 1. The molecule has 1 atom stereocenters. The summed E-state index contributed by atoms with van der Waals surface area (Å²) in [7, 11) is 0. The minimum absolute atomic E-state index is 0.625. The maximum atomic E-state index is 3.57. The first-order valence-corrected chi connectivity index (χ1v) is 6.03. The predicted octanol–water partition coefficient (Wildman–Crippen LogP) is 4.02. The van der Waals surface area contributed by atoms with E-state index in [0.717, 1.165) is 5.92 Å². The van der Waals surface area contributed by atoms with E-state index in [1.54, 1.807) is 0 Å². The van der Waals surface area contributed by atoms with Crippen molar-refractivity contribution >= 4 is 5.69 Å². The van der Waals surface area contributed by atoms with Gasteiger partial charge >= 0.3 is 0 Å². The highest BCUT2D eigenvalue weighted by molar-refractivity contribution is 5.46. The van der Waals surface area contributed by atoms with Crippen LogP contribution < -0.4 is 5.32 Å². The summed E-state index contributed by atoms with van der Waals surface area (Å²) in [4.78, 5) is 0. The van der Waals surface area contributed by atoms with E-state index >= 15 is 0 Å². The average Bonchev–Trinajstić information content (AvgIpc) is 3.01. The summed E-state index contributed by atoms with van der Waals surface area (Å²) >= 11 is 0. The summed E-state index contributed by atoms with van der Waals surface area (Å²) in [6, 6.07) is 9.50. The lowest BCUT2D eigenvalue weighted by Crippen LogP contribution is -2.17. The highest BCUT2D eigenvalue weighted by Crippen LogP contribution is 2.34. The van der Waals surface area contributed by atoms with Crippen molar-refractivity contribution in [2.75, 3.05) is 5.32 Å². The summed E-state index contributed by atoms with van der Waals surface area (Å²) in [5.41, 5.74) is 2.68. The largest absolute Gasteiger partial charge is 0.382 e. The summed E-state index contributed by atoms with van der Waals surface area (Å²) in [5.74, 6) is 1.54. The van der Waals surface area contributed by atoms with E-state index in [9.17, 15) is 0 Å². The summed E-state index contributed by atoms with van der Waals surface area (Å²) in [6.07, 6.45) is 2.80. The van der Waals surface area contributed by atoms with Gasteiger partial charge in [0.25, 0.3) is 0 Å². The second kappa shape index (κ2) is 4.26. The van der Waals surface area contributed by atoms with Gasteiger partial charge in [-0.25, -0.2) is 0 Å². The van der Waals surface area contributed by atoms with Gasteiger partial charge in [-0.05, 0) is 49.3 Å². The molecular weight excluding hydrogens is 182 g/mol. The van der Waals surface area contributed by atoms with Crippen molar-refractivity contribution in [1.29, 1.82) is 0 Å². The molecule has 1 N–H and O–H groups in total. The van der Waals surface area contributed by atoms with E-state index in [4.69, 9.17) is 0 Å². The number of rotatable bonds is 4. The van der Waals surface area contributed by atoms with Gasteiger partial charge in [0.05, 0.1) is 0 Å². The van der Waals surface area contributed by atoms with Crippen LogP contribution in [0, 0.1) is 5.92 Å². The molecule has 1 aromatic rings. The first-order chi connectivity index (χ1) is 7.16. The van der Waals surface area contributed by atoms with Crippen molar-refractivity contribution in [3.63, 3.8) is 0 Å². The van der Waals surface area contributed by atoms with Crippen molar-refractivity contribution in [3.05, 3.63) is 29.8 Å². The van der Waals surface area contributed by atoms with Crippen molar-refractivity contribution in [2.24, 2.45) is 5.92 Å². The molecule has 1 fully saturated rings. The molecule has 82 valence electrons. The molecule has 1 heteroatoms. The third-order valence-electron chi connectivity index (χ3n) is 3.30. The Labute approximate surface area is 92.9 Å². The molecule has 0 unspecified atom stereocenters. The number of nitrogens with one attached hydrogen (secondary N) is 1. The Morgan fingerprint density at radius 2 is 1.67 bits per heavy atom. The molecule has 2 rings (SSSR count). The first-order valence-electron chi connectivity index (χ1n) is 6.03. The van der Waals surface area contributed by atoms with Crippen molar-refractivity contribution in [2.45, 2.75) is 45.6 Å². The van der Waals surface area contributed by atoms with Crippen molar-refractivity contribution < 1.29 is 0 Å². The molecule has 0 aromatic heterocycles. The van der Waals surface area contributed by atoms with Crippen LogP contribution in [0.5, 0.6) is 0 Å². The zero-order valence-corrected chi connectivity index (χ0v) is 9.96. The summed E-state index contributed by atoms with van der Waals surface area (Å²) in [5, 5.41) is 3.57. The monoisotopic (exact) mass is 203 g/mol. The Morgan fingerprint density at radius 1 is 1.07 bits per heavy atom. The van der Waals surface area contributed by atoms with Gasteiger partial charge in [0.1, 0.15) is 0 Å². The molecule has 0 amide bonds. The maximum absolute atomic E-state index is 3.57. The fourth-order valence-electron chi connectivity index (χ4n) is 1.94. The lowest BCUT2D eigenvalue weighted by atomic mass is 10.0. The molecule has 0 radical (unpaired) electrons. The van der Waals surface area contributed by atoms with Crippen molar-refractivity contribution in [3.8, 4) is 0 Å². The van der Waals surface area contributed by atoms with Crippen LogP contribution in [-0.2, 0) is 0 Å². The zero-order chi connectivity index (χ0) is 10.8. The minimum Gasteiger partial charge on any atom is -0.382 e. The van der Waals surface area contributed by atoms with Gasteiger partial charge in [0.15, 0.2) is 0 Å².